The third-order valence-electron chi connectivity index (χ3n) is 3.46. The van der Waals surface area contributed by atoms with Gasteiger partial charge in [0, 0.05) is 18.8 Å². The molecule has 1 N–H and O–H groups in total. The van der Waals surface area contributed by atoms with Crippen LogP contribution in [-0.2, 0) is 10.0 Å². The van der Waals surface area contributed by atoms with Crippen molar-refractivity contribution in [1.29, 1.82) is 0 Å². The SMILES string of the molecule is CCOc1cccc(NC(=O)c2ccc(N(C)S(C)(=O)=O)cc2Cl)c1. The molecule has 0 aromatic heterocycles. The van der Waals surface area contributed by atoms with Crippen LogP contribution in [0.15, 0.2) is 42.5 Å². The maximum absolute atomic E-state index is 12.4. The summed E-state index contributed by atoms with van der Waals surface area (Å²) >= 11 is 6.16. The van der Waals surface area contributed by atoms with Crippen molar-refractivity contribution in [3.8, 4) is 5.75 Å². The Bertz CT molecular complexity index is 884. The number of ether oxygens (including phenoxy) is 1. The first-order valence-electron chi connectivity index (χ1n) is 7.50. The van der Waals surface area contributed by atoms with Crippen LogP contribution in [0.5, 0.6) is 5.75 Å². The molecule has 134 valence electrons. The monoisotopic (exact) mass is 382 g/mol. The summed E-state index contributed by atoms with van der Waals surface area (Å²) in [5.74, 6) is 0.253. The molecule has 0 bridgehead atoms. The van der Waals surface area contributed by atoms with Gasteiger partial charge in [0.05, 0.1) is 29.1 Å². The van der Waals surface area contributed by atoms with Crippen LogP contribution < -0.4 is 14.4 Å². The summed E-state index contributed by atoms with van der Waals surface area (Å²) in [4.78, 5) is 12.4. The zero-order valence-electron chi connectivity index (χ0n) is 14.1. The number of anilines is 2. The lowest BCUT2D eigenvalue weighted by atomic mass is 10.2. The molecule has 2 aromatic carbocycles. The van der Waals surface area contributed by atoms with E-state index in [4.69, 9.17) is 16.3 Å². The van der Waals surface area contributed by atoms with Gasteiger partial charge in [0.2, 0.25) is 10.0 Å². The molecule has 2 aromatic rings. The number of rotatable bonds is 6. The highest BCUT2D eigenvalue weighted by molar-refractivity contribution is 7.92. The number of nitrogens with zero attached hydrogens (tertiary/aromatic N) is 1. The average Bonchev–Trinajstić information content (AvgIpc) is 2.53. The Morgan fingerprint density at radius 3 is 2.56 bits per heavy atom. The molecule has 0 saturated carbocycles. The molecule has 0 aliphatic rings. The van der Waals surface area contributed by atoms with Crippen molar-refractivity contribution >= 4 is 38.9 Å². The lowest BCUT2D eigenvalue weighted by molar-refractivity contribution is 0.102. The Morgan fingerprint density at radius 2 is 1.96 bits per heavy atom. The highest BCUT2D eigenvalue weighted by Gasteiger charge is 2.16. The number of carbonyl (C=O) groups is 1. The normalized spacial score (nSPS) is 11.0. The summed E-state index contributed by atoms with van der Waals surface area (Å²) in [6.45, 7) is 2.40. The third kappa shape index (κ3) is 4.87. The van der Waals surface area contributed by atoms with Gasteiger partial charge in [-0.3, -0.25) is 9.10 Å². The van der Waals surface area contributed by atoms with Gasteiger partial charge in [-0.2, -0.15) is 0 Å². The fourth-order valence-corrected chi connectivity index (χ4v) is 2.86. The fraction of sp³-hybridized carbons (Fsp3) is 0.235. The van der Waals surface area contributed by atoms with Crippen LogP contribution in [0, 0.1) is 0 Å². The van der Waals surface area contributed by atoms with Gasteiger partial charge in [-0.05, 0) is 37.3 Å². The quantitative estimate of drug-likeness (QED) is 0.830. The van der Waals surface area contributed by atoms with Crippen molar-refractivity contribution in [1.82, 2.24) is 0 Å². The van der Waals surface area contributed by atoms with Gasteiger partial charge in [-0.25, -0.2) is 8.42 Å². The average molecular weight is 383 g/mol. The molecule has 6 nitrogen and oxygen atoms in total. The Morgan fingerprint density at radius 1 is 1.24 bits per heavy atom. The summed E-state index contributed by atoms with van der Waals surface area (Å²) in [5, 5.41) is 2.90. The van der Waals surface area contributed by atoms with E-state index in [0.717, 1.165) is 10.6 Å². The molecule has 0 fully saturated rings. The van der Waals surface area contributed by atoms with E-state index in [1.807, 2.05) is 6.92 Å². The first kappa shape index (κ1) is 19.1. The predicted molar refractivity (Wildman–Crippen MR) is 100 cm³/mol. The van der Waals surface area contributed by atoms with Crippen LogP contribution in [0.25, 0.3) is 0 Å². The Labute approximate surface area is 152 Å². The second-order valence-electron chi connectivity index (χ2n) is 5.31. The summed E-state index contributed by atoms with van der Waals surface area (Å²) in [6, 6.07) is 11.5. The first-order chi connectivity index (χ1) is 11.7. The van der Waals surface area contributed by atoms with E-state index < -0.39 is 15.9 Å². The van der Waals surface area contributed by atoms with Crippen molar-refractivity contribution in [2.45, 2.75) is 6.92 Å². The molecule has 1 amide bonds. The fourth-order valence-electron chi connectivity index (χ4n) is 2.10. The number of carbonyl (C=O) groups excluding carboxylic acids is 1. The molecule has 2 rings (SSSR count). The summed E-state index contributed by atoms with van der Waals surface area (Å²) in [7, 11) is -1.99. The second-order valence-corrected chi connectivity index (χ2v) is 7.73. The predicted octanol–water partition coefficient (Wildman–Crippen LogP) is 3.39. The molecule has 8 heteroatoms. The Balaban J connectivity index is 2.21. The van der Waals surface area contributed by atoms with Gasteiger partial charge in [-0.15, -0.1) is 0 Å². The minimum Gasteiger partial charge on any atom is -0.494 e. The highest BCUT2D eigenvalue weighted by atomic mass is 35.5. The van der Waals surface area contributed by atoms with E-state index in [1.54, 1.807) is 24.3 Å². The van der Waals surface area contributed by atoms with Crippen molar-refractivity contribution < 1.29 is 17.9 Å². The van der Waals surface area contributed by atoms with E-state index in [2.05, 4.69) is 5.32 Å². The Kier molecular flexibility index (Phi) is 5.92. The maximum atomic E-state index is 12.4. The number of benzene rings is 2. The summed E-state index contributed by atoms with van der Waals surface area (Å²) < 4.78 is 29.6. The Hall–Kier alpha value is -2.25. The number of hydrogen-bond acceptors (Lipinski definition) is 4. The largest absolute Gasteiger partial charge is 0.494 e. The van der Waals surface area contributed by atoms with E-state index in [1.165, 1.54) is 25.2 Å². The molecule has 0 saturated heterocycles. The standard InChI is InChI=1S/C17H19ClN2O4S/c1-4-24-14-7-5-6-12(10-14)19-17(21)15-9-8-13(11-16(15)18)20(2)25(3,22)23/h5-11H,4H2,1-3H3,(H,19,21). The van der Waals surface area contributed by atoms with Gasteiger partial charge >= 0.3 is 0 Å². The van der Waals surface area contributed by atoms with Crippen molar-refractivity contribution in [2.75, 3.05) is 29.5 Å². The van der Waals surface area contributed by atoms with Crippen molar-refractivity contribution in [3.05, 3.63) is 53.1 Å². The van der Waals surface area contributed by atoms with Crippen LogP contribution in [0.4, 0.5) is 11.4 Å². The lowest BCUT2D eigenvalue weighted by Gasteiger charge is -2.17. The van der Waals surface area contributed by atoms with Gasteiger partial charge in [0.1, 0.15) is 5.75 Å². The molecule has 0 spiro atoms. The molecule has 0 heterocycles. The summed E-state index contributed by atoms with van der Waals surface area (Å²) in [5.41, 5.74) is 1.20. The molecule has 0 atom stereocenters. The molecular formula is C17H19ClN2O4S. The lowest BCUT2D eigenvalue weighted by Crippen LogP contribution is -2.25. The number of nitrogens with one attached hydrogen (secondary N) is 1. The third-order valence-corrected chi connectivity index (χ3v) is 4.98. The van der Waals surface area contributed by atoms with E-state index in [9.17, 15) is 13.2 Å². The summed E-state index contributed by atoms with van der Waals surface area (Å²) in [6.07, 6.45) is 1.09. The van der Waals surface area contributed by atoms with Crippen molar-refractivity contribution in [3.63, 3.8) is 0 Å². The van der Waals surface area contributed by atoms with Crippen LogP contribution >= 0.6 is 11.6 Å². The topological polar surface area (TPSA) is 75.7 Å². The van der Waals surface area contributed by atoms with E-state index >= 15 is 0 Å². The minimum absolute atomic E-state index is 0.159. The van der Waals surface area contributed by atoms with Crippen LogP contribution in [0.2, 0.25) is 5.02 Å². The molecule has 0 aliphatic carbocycles. The van der Waals surface area contributed by atoms with Crippen LogP contribution in [0.3, 0.4) is 0 Å². The zero-order chi connectivity index (χ0) is 18.6. The number of hydrogen-bond donors (Lipinski definition) is 1. The number of sulfonamides is 1. The first-order valence-corrected chi connectivity index (χ1v) is 9.72. The molecular weight excluding hydrogens is 364 g/mol. The smallest absolute Gasteiger partial charge is 0.257 e. The molecule has 0 unspecified atom stereocenters. The number of amides is 1. The van der Waals surface area contributed by atoms with E-state index in [-0.39, 0.29) is 10.6 Å². The van der Waals surface area contributed by atoms with Gasteiger partial charge in [-0.1, -0.05) is 17.7 Å². The van der Waals surface area contributed by atoms with E-state index in [0.29, 0.717) is 23.7 Å². The molecule has 25 heavy (non-hydrogen) atoms. The van der Waals surface area contributed by atoms with Gasteiger partial charge < -0.3 is 10.1 Å². The molecule has 0 radical (unpaired) electrons. The molecule has 0 aliphatic heterocycles. The highest BCUT2D eigenvalue weighted by Crippen LogP contribution is 2.26. The van der Waals surface area contributed by atoms with Gasteiger partial charge in [0.15, 0.2) is 0 Å². The van der Waals surface area contributed by atoms with Crippen LogP contribution in [-0.4, -0.2) is 34.2 Å². The van der Waals surface area contributed by atoms with Crippen molar-refractivity contribution in [2.24, 2.45) is 0 Å². The van der Waals surface area contributed by atoms with Gasteiger partial charge in [0.25, 0.3) is 5.91 Å². The second kappa shape index (κ2) is 7.76. The number of halogens is 1. The maximum Gasteiger partial charge on any atom is 0.257 e. The minimum atomic E-state index is -3.40. The van der Waals surface area contributed by atoms with Crippen LogP contribution in [0.1, 0.15) is 17.3 Å². The zero-order valence-corrected chi connectivity index (χ0v) is 15.7.